The molecule has 0 radical (unpaired) electrons. The van der Waals surface area contributed by atoms with Crippen LogP contribution in [0.25, 0.3) is 0 Å². The second-order valence-electron chi connectivity index (χ2n) is 3.66. The molecule has 0 saturated carbocycles. The van der Waals surface area contributed by atoms with Crippen LogP contribution in [0.5, 0.6) is 0 Å². The summed E-state index contributed by atoms with van der Waals surface area (Å²) in [4.78, 5) is 8.46. The van der Waals surface area contributed by atoms with Crippen LogP contribution in [0.1, 0.15) is 22.8 Å². The minimum Gasteiger partial charge on any atom is -0.329 e. The minimum atomic E-state index is 0.545. The zero-order chi connectivity index (χ0) is 12.4. The lowest BCUT2D eigenvalue weighted by atomic mass is 10.1. The molecule has 1 N–H and O–H groups in total. The SMILES string of the molecule is Cc1cc(Nc2nc(C)ns2)c(C#N)c(C)n1. The molecular formula is C11H11N5S. The first-order valence-electron chi connectivity index (χ1n) is 5.06. The second kappa shape index (κ2) is 4.47. The Bertz CT molecular complexity index is 596. The third-order valence-electron chi connectivity index (χ3n) is 2.21. The first kappa shape index (κ1) is 11.5. The normalized spacial score (nSPS) is 10.0. The van der Waals surface area contributed by atoms with Gasteiger partial charge < -0.3 is 5.32 Å². The Balaban J connectivity index is 2.42. The molecule has 0 bridgehead atoms. The van der Waals surface area contributed by atoms with E-state index in [2.05, 4.69) is 25.7 Å². The van der Waals surface area contributed by atoms with Crippen molar-refractivity contribution in [2.75, 3.05) is 5.32 Å². The number of pyridine rings is 1. The van der Waals surface area contributed by atoms with Crippen molar-refractivity contribution < 1.29 is 0 Å². The van der Waals surface area contributed by atoms with Gasteiger partial charge in [0.15, 0.2) is 0 Å². The number of nitriles is 1. The monoisotopic (exact) mass is 245 g/mol. The zero-order valence-corrected chi connectivity index (χ0v) is 10.6. The van der Waals surface area contributed by atoms with Gasteiger partial charge in [0.05, 0.1) is 16.9 Å². The number of hydrogen-bond donors (Lipinski definition) is 1. The first-order chi connectivity index (χ1) is 8.10. The molecular weight excluding hydrogens is 234 g/mol. The van der Waals surface area contributed by atoms with E-state index in [4.69, 9.17) is 5.26 Å². The summed E-state index contributed by atoms with van der Waals surface area (Å²) >= 11 is 1.27. The van der Waals surface area contributed by atoms with Crippen molar-refractivity contribution in [3.63, 3.8) is 0 Å². The van der Waals surface area contributed by atoms with Gasteiger partial charge in [-0.1, -0.05) is 0 Å². The van der Waals surface area contributed by atoms with Crippen LogP contribution >= 0.6 is 11.5 Å². The average molecular weight is 245 g/mol. The van der Waals surface area contributed by atoms with Crippen molar-refractivity contribution in [3.05, 3.63) is 28.8 Å². The summed E-state index contributed by atoms with van der Waals surface area (Å²) in [5.74, 6) is 0.721. The summed E-state index contributed by atoms with van der Waals surface area (Å²) in [5.41, 5.74) is 2.86. The van der Waals surface area contributed by atoms with Crippen LogP contribution < -0.4 is 5.32 Å². The van der Waals surface area contributed by atoms with Gasteiger partial charge >= 0.3 is 0 Å². The third-order valence-corrected chi connectivity index (χ3v) is 2.93. The molecule has 0 saturated heterocycles. The number of aryl methyl sites for hydroxylation is 3. The van der Waals surface area contributed by atoms with E-state index < -0.39 is 0 Å². The molecule has 2 aromatic rings. The maximum Gasteiger partial charge on any atom is 0.207 e. The van der Waals surface area contributed by atoms with E-state index >= 15 is 0 Å². The Morgan fingerprint density at radius 3 is 2.65 bits per heavy atom. The highest BCUT2D eigenvalue weighted by atomic mass is 32.1. The van der Waals surface area contributed by atoms with Crippen LogP contribution in [0.4, 0.5) is 10.8 Å². The highest BCUT2D eigenvalue weighted by Gasteiger charge is 2.09. The number of hydrogen-bond acceptors (Lipinski definition) is 6. The fourth-order valence-corrected chi connectivity index (χ4v) is 2.12. The number of anilines is 2. The van der Waals surface area contributed by atoms with Gasteiger partial charge in [-0.05, 0) is 26.8 Å². The molecule has 0 aliphatic heterocycles. The highest BCUT2D eigenvalue weighted by molar-refractivity contribution is 7.09. The summed E-state index contributed by atoms with van der Waals surface area (Å²) in [6, 6.07) is 3.99. The van der Waals surface area contributed by atoms with Crippen molar-refractivity contribution in [2.45, 2.75) is 20.8 Å². The molecule has 5 nitrogen and oxygen atoms in total. The molecule has 2 rings (SSSR count). The average Bonchev–Trinajstić information content (AvgIpc) is 2.63. The lowest BCUT2D eigenvalue weighted by Gasteiger charge is -2.07. The zero-order valence-electron chi connectivity index (χ0n) is 9.77. The van der Waals surface area contributed by atoms with Crippen LogP contribution in [0.15, 0.2) is 6.07 Å². The van der Waals surface area contributed by atoms with E-state index in [1.54, 1.807) is 0 Å². The van der Waals surface area contributed by atoms with E-state index in [-0.39, 0.29) is 0 Å². The standard InChI is InChI=1S/C11H11N5S/c1-6-4-10(9(5-12)7(2)13-6)15-11-14-8(3)16-17-11/h4H,1-3H3,(H,13,14,15,16). The molecule has 17 heavy (non-hydrogen) atoms. The number of nitrogens with one attached hydrogen (secondary N) is 1. The largest absolute Gasteiger partial charge is 0.329 e. The van der Waals surface area contributed by atoms with Crippen LogP contribution in [0, 0.1) is 32.1 Å². The number of nitrogens with zero attached hydrogens (tertiary/aromatic N) is 4. The van der Waals surface area contributed by atoms with Gasteiger partial charge in [0.1, 0.15) is 11.9 Å². The maximum absolute atomic E-state index is 9.11. The molecule has 2 aromatic heterocycles. The molecule has 6 heteroatoms. The maximum atomic E-state index is 9.11. The lowest BCUT2D eigenvalue weighted by Crippen LogP contribution is -1.99. The van der Waals surface area contributed by atoms with E-state index in [1.165, 1.54) is 11.5 Å². The van der Waals surface area contributed by atoms with Crippen molar-refractivity contribution in [2.24, 2.45) is 0 Å². The quantitative estimate of drug-likeness (QED) is 0.879. The molecule has 2 heterocycles. The molecule has 0 unspecified atom stereocenters. The predicted octanol–water partition coefficient (Wildman–Crippen LogP) is 2.47. The fourth-order valence-electron chi connectivity index (χ4n) is 1.53. The summed E-state index contributed by atoms with van der Waals surface area (Å²) in [6.45, 7) is 5.54. The molecule has 0 spiro atoms. The van der Waals surface area contributed by atoms with E-state index in [0.717, 1.165) is 22.9 Å². The topological polar surface area (TPSA) is 74.5 Å². The lowest BCUT2D eigenvalue weighted by molar-refractivity contribution is 1.11. The van der Waals surface area contributed by atoms with Crippen LogP contribution in [-0.2, 0) is 0 Å². The molecule has 0 fully saturated rings. The first-order valence-corrected chi connectivity index (χ1v) is 5.83. The Morgan fingerprint density at radius 1 is 1.29 bits per heavy atom. The van der Waals surface area contributed by atoms with Crippen molar-refractivity contribution >= 4 is 22.4 Å². The smallest absolute Gasteiger partial charge is 0.207 e. The minimum absolute atomic E-state index is 0.545. The summed E-state index contributed by atoms with van der Waals surface area (Å²) in [5, 5.41) is 12.9. The van der Waals surface area contributed by atoms with Crippen LogP contribution in [0.2, 0.25) is 0 Å². The van der Waals surface area contributed by atoms with Gasteiger partial charge in [-0.25, -0.2) is 4.98 Å². The van der Waals surface area contributed by atoms with E-state index in [0.29, 0.717) is 10.7 Å². The molecule has 0 amide bonds. The van der Waals surface area contributed by atoms with Crippen LogP contribution in [-0.4, -0.2) is 14.3 Å². The highest BCUT2D eigenvalue weighted by Crippen LogP contribution is 2.24. The van der Waals surface area contributed by atoms with Gasteiger partial charge in [0, 0.05) is 17.2 Å². The van der Waals surface area contributed by atoms with Gasteiger partial charge in [0.25, 0.3) is 0 Å². The molecule has 86 valence electrons. The summed E-state index contributed by atoms with van der Waals surface area (Å²) in [6.07, 6.45) is 0. The number of rotatable bonds is 2. The number of aromatic nitrogens is 3. The summed E-state index contributed by atoms with van der Waals surface area (Å²) in [7, 11) is 0. The Hall–Kier alpha value is -2.00. The van der Waals surface area contributed by atoms with Gasteiger partial charge in [0.2, 0.25) is 5.13 Å². The molecule has 0 aromatic carbocycles. The van der Waals surface area contributed by atoms with Gasteiger partial charge in [-0.2, -0.15) is 9.64 Å². The second-order valence-corrected chi connectivity index (χ2v) is 4.41. The predicted molar refractivity (Wildman–Crippen MR) is 66.4 cm³/mol. The Labute approximate surface area is 103 Å². The van der Waals surface area contributed by atoms with Crippen LogP contribution in [0.3, 0.4) is 0 Å². The molecule has 0 aliphatic rings. The summed E-state index contributed by atoms with van der Waals surface area (Å²) < 4.78 is 4.08. The van der Waals surface area contributed by atoms with Crippen molar-refractivity contribution in [1.82, 2.24) is 14.3 Å². The Morgan fingerprint density at radius 2 is 2.06 bits per heavy atom. The molecule has 0 aliphatic carbocycles. The third kappa shape index (κ3) is 2.40. The van der Waals surface area contributed by atoms with Crippen molar-refractivity contribution in [1.29, 1.82) is 5.26 Å². The van der Waals surface area contributed by atoms with E-state index in [9.17, 15) is 0 Å². The van der Waals surface area contributed by atoms with E-state index in [1.807, 2.05) is 26.8 Å². The molecule has 0 atom stereocenters. The van der Waals surface area contributed by atoms with Gasteiger partial charge in [-0.3, -0.25) is 4.98 Å². The fraction of sp³-hybridized carbons (Fsp3) is 0.273. The Kier molecular flexibility index (Phi) is 3.02. The van der Waals surface area contributed by atoms with Gasteiger partial charge in [-0.15, -0.1) is 0 Å². The van der Waals surface area contributed by atoms with Crippen molar-refractivity contribution in [3.8, 4) is 6.07 Å².